The number of piperidine rings is 1. The summed E-state index contributed by atoms with van der Waals surface area (Å²) < 4.78 is 0. The molecular formula is C12H16N4. The molecule has 2 rings (SSSR count). The Balaban J connectivity index is 2.10. The predicted molar refractivity (Wildman–Crippen MR) is 64.6 cm³/mol. The van der Waals surface area contributed by atoms with Gasteiger partial charge in [-0.1, -0.05) is 6.42 Å². The topological polar surface area (TPSA) is 65.1 Å². The molecule has 1 aliphatic rings. The summed E-state index contributed by atoms with van der Waals surface area (Å²) in [6.07, 6.45) is 3.72. The van der Waals surface area contributed by atoms with E-state index >= 15 is 0 Å². The van der Waals surface area contributed by atoms with Crippen molar-refractivity contribution in [3.63, 3.8) is 0 Å². The summed E-state index contributed by atoms with van der Waals surface area (Å²) in [5, 5.41) is 11.0. The highest BCUT2D eigenvalue weighted by atomic mass is 15.5. The summed E-state index contributed by atoms with van der Waals surface area (Å²) in [6.45, 7) is 2.08. The molecule has 1 aliphatic heterocycles. The van der Waals surface area contributed by atoms with Gasteiger partial charge in [-0.3, -0.25) is 0 Å². The minimum Gasteiger partial charge on any atom is -0.397 e. The van der Waals surface area contributed by atoms with Gasteiger partial charge in [-0.05, 0) is 31.0 Å². The summed E-state index contributed by atoms with van der Waals surface area (Å²) >= 11 is 0. The van der Waals surface area contributed by atoms with Gasteiger partial charge in [0.15, 0.2) is 0 Å². The first-order chi connectivity index (χ1) is 7.79. The molecule has 1 saturated heterocycles. The lowest BCUT2D eigenvalue weighted by atomic mass is 10.1. The number of benzene rings is 1. The fourth-order valence-corrected chi connectivity index (χ4v) is 1.90. The number of nitriles is 1. The van der Waals surface area contributed by atoms with E-state index < -0.39 is 0 Å². The zero-order valence-corrected chi connectivity index (χ0v) is 9.24. The molecule has 4 nitrogen and oxygen atoms in total. The van der Waals surface area contributed by atoms with Crippen molar-refractivity contribution in [2.75, 3.05) is 24.2 Å². The van der Waals surface area contributed by atoms with Crippen molar-refractivity contribution in [1.82, 2.24) is 5.01 Å². The molecule has 0 spiro atoms. The van der Waals surface area contributed by atoms with Gasteiger partial charge in [0.1, 0.15) is 0 Å². The summed E-state index contributed by atoms with van der Waals surface area (Å²) in [6, 6.07) is 7.41. The highest BCUT2D eigenvalue weighted by Gasteiger charge is 2.11. The molecule has 1 aromatic rings. The minimum absolute atomic E-state index is 0.633. The number of nitrogen functional groups attached to an aromatic ring is 1. The van der Waals surface area contributed by atoms with Crippen molar-refractivity contribution >= 4 is 11.4 Å². The molecule has 4 heteroatoms. The monoisotopic (exact) mass is 216 g/mol. The van der Waals surface area contributed by atoms with E-state index in [-0.39, 0.29) is 0 Å². The molecule has 0 aliphatic carbocycles. The average molecular weight is 216 g/mol. The largest absolute Gasteiger partial charge is 0.397 e. The summed E-state index contributed by atoms with van der Waals surface area (Å²) in [7, 11) is 0. The van der Waals surface area contributed by atoms with Crippen LogP contribution in [0.1, 0.15) is 24.8 Å². The first-order valence-electron chi connectivity index (χ1n) is 5.61. The first kappa shape index (κ1) is 10.8. The Hall–Kier alpha value is -1.73. The van der Waals surface area contributed by atoms with E-state index in [0.29, 0.717) is 11.3 Å². The van der Waals surface area contributed by atoms with Crippen LogP contribution in [0.15, 0.2) is 18.2 Å². The van der Waals surface area contributed by atoms with Gasteiger partial charge in [-0.2, -0.15) is 5.26 Å². The van der Waals surface area contributed by atoms with Crippen molar-refractivity contribution in [2.24, 2.45) is 0 Å². The molecule has 3 N–H and O–H groups in total. The Kier molecular flexibility index (Phi) is 3.28. The Morgan fingerprint density at radius 2 is 2.00 bits per heavy atom. The minimum atomic E-state index is 0.633. The van der Waals surface area contributed by atoms with Gasteiger partial charge in [0.25, 0.3) is 0 Å². The van der Waals surface area contributed by atoms with Crippen LogP contribution in [0.2, 0.25) is 0 Å². The summed E-state index contributed by atoms with van der Waals surface area (Å²) in [5.74, 6) is 0. The van der Waals surface area contributed by atoms with Gasteiger partial charge in [0, 0.05) is 13.1 Å². The van der Waals surface area contributed by atoms with E-state index in [2.05, 4.69) is 16.5 Å². The van der Waals surface area contributed by atoms with E-state index in [1.165, 1.54) is 19.3 Å². The Morgan fingerprint density at radius 1 is 1.25 bits per heavy atom. The third-order valence-electron chi connectivity index (χ3n) is 2.82. The highest BCUT2D eigenvalue weighted by Crippen LogP contribution is 2.21. The van der Waals surface area contributed by atoms with E-state index in [1.807, 2.05) is 0 Å². The summed E-state index contributed by atoms with van der Waals surface area (Å²) in [5.41, 5.74) is 11.3. The molecule has 1 aromatic carbocycles. The smallest absolute Gasteiger partial charge is 0.0992 e. The number of anilines is 2. The maximum Gasteiger partial charge on any atom is 0.0992 e. The third kappa shape index (κ3) is 2.44. The average Bonchev–Trinajstić information content (AvgIpc) is 2.33. The quantitative estimate of drug-likeness (QED) is 0.742. The molecule has 1 heterocycles. The van der Waals surface area contributed by atoms with Crippen LogP contribution in [0.3, 0.4) is 0 Å². The van der Waals surface area contributed by atoms with Crippen LogP contribution in [0, 0.1) is 11.3 Å². The maximum absolute atomic E-state index is 8.83. The van der Waals surface area contributed by atoms with Crippen LogP contribution in [0.5, 0.6) is 0 Å². The van der Waals surface area contributed by atoms with Crippen LogP contribution in [-0.4, -0.2) is 18.1 Å². The van der Waals surface area contributed by atoms with Gasteiger partial charge < -0.3 is 11.2 Å². The number of nitrogens with one attached hydrogen (secondary N) is 1. The zero-order valence-electron chi connectivity index (χ0n) is 9.24. The Morgan fingerprint density at radius 3 is 2.69 bits per heavy atom. The molecule has 1 fully saturated rings. The molecule has 0 aromatic heterocycles. The highest BCUT2D eigenvalue weighted by molar-refractivity contribution is 5.67. The second-order valence-electron chi connectivity index (χ2n) is 4.07. The first-order valence-corrected chi connectivity index (χ1v) is 5.61. The molecule has 16 heavy (non-hydrogen) atoms. The lowest BCUT2D eigenvalue weighted by Gasteiger charge is -2.28. The van der Waals surface area contributed by atoms with Crippen LogP contribution < -0.4 is 11.2 Å². The van der Waals surface area contributed by atoms with Gasteiger partial charge in [-0.15, -0.1) is 0 Å². The predicted octanol–water partition coefficient (Wildman–Crippen LogP) is 1.95. The molecule has 0 bridgehead atoms. The third-order valence-corrected chi connectivity index (χ3v) is 2.82. The van der Waals surface area contributed by atoms with Gasteiger partial charge in [0.05, 0.1) is 23.0 Å². The van der Waals surface area contributed by atoms with Crippen LogP contribution in [0.4, 0.5) is 11.4 Å². The molecule has 0 amide bonds. The zero-order chi connectivity index (χ0) is 11.4. The van der Waals surface area contributed by atoms with Crippen molar-refractivity contribution < 1.29 is 0 Å². The molecule has 0 unspecified atom stereocenters. The lowest BCUT2D eigenvalue weighted by molar-refractivity contribution is 0.273. The number of hydrogen-bond acceptors (Lipinski definition) is 4. The second-order valence-corrected chi connectivity index (χ2v) is 4.07. The molecule has 0 saturated carbocycles. The van der Waals surface area contributed by atoms with Crippen molar-refractivity contribution in [3.8, 4) is 6.07 Å². The molecule has 0 atom stereocenters. The number of nitrogens with zero attached hydrogens (tertiary/aromatic N) is 2. The molecule has 84 valence electrons. The van der Waals surface area contributed by atoms with Crippen LogP contribution in [-0.2, 0) is 0 Å². The number of hydrogen-bond donors (Lipinski definition) is 2. The second kappa shape index (κ2) is 4.86. The Bertz CT molecular complexity index is 402. The van der Waals surface area contributed by atoms with Crippen molar-refractivity contribution in [1.29, 1.82) is 5.26 Å². The van der Waals surface area contributed by atoms with Gasteiger partial charge in [-0.25, -0.2) is 5.01 Å². The summed E-state index contributed by atoms with van der Waals surface area (Å²) in [4.78, 5) is 0. The van der Waals surface area contributed by atoms with E-state index in [1.54, 1.807) is 18.2 Å². The van der Waals surface area contributed by atoms with E-state index in [4.69, 9.17) is 11.0 Å². The van der Waals surface area contributed by atoms with Crippen LogP contribution in [0.25, 0.3) is 0 Å². The number of hydrazine groups is 1. The normalized spacial score (nSPS) is 16.7. The fourth-order valence-electron chi connectivity index (χ4n) is 1.90. The van der Waals surface area contributed by atoms with Gasteiger partial charge in [0.2, 0.25) is 0 Å². The Labute approximate surface area is 95.6 Å². The van der Waals surface area contributed by atoms with Crippen molar-refractivity contribution in [3.05, 3.63) is 23.8 Å². The van der Waals surface area contributed by atoms with E-state index in [9.17, 15) is 0 Å². The number of rotatable bonds is 2. The maximum atomic E-state index is 8.83. The van der Waals surface area contributed by atoms with Gasteiger partial charge >= 0.3 is 0 Å². The standard InChI is InChI=1S/C12H16N4/c13-9-10-4-5-11(14)12(8-10)15-16-6-2-1-3-7-16/h4-5,8,15H,1-3,6-7,14H2. The molecular weight excluding hydrogens is 200 g/mol. The number of nitrogens with two attached hydrogens (primary N) is 1. The van der Waals surface area contributed by atoms with Crippen LogP contribution >= 0.6 is 0 Å². The van der Waals surface area contributed by atoms with Crippen molar-refractivity contribution in [2.45, 2.75) is 19.3 Å². The fraction of sp³-hybridized carbons (Fsp3) is 0.417. The lowest BCUT2D eigenvalue weighted by Crippen LogP contribution is -2.35. The van der Waals surface area contributed by atoms with E-state index in [0.717, 1.165) is 18.8 Å². The SMILES string of the molecule is N#Cc1ccc(N)c(NN2CCCCC2)c1. The molecule has 0 radical (unpaired) electrons.